The summed E-state index contributed by atoms with van der Waals surface area (Å²) in [5.74, 6) is 2.00. The number of pyridine rings is 1. The van der Waals surface area contributed by atoms with Crippen LogP contribution in [0, 0.1) is 12.8 Å². The SMILES string of the molecule is Cc1ncc(C(C)C)c2c1[C@@H](C)[C@@H](C)OCC2C(C)C. The zero-order valence-electron chi connectivity index (χ0n) is 14.0. The van der Waals surface area contributed by atoms with Gasteiger partial charge in [-0.15, -0.1) is 0 Å². The largest absolute Gasteiger partial charge is 0.377 e. The van der Waals surface area contributed by atoms with Crippen molar-refractivity contribution in [1.82, 2.24) is 4.98 Å². The zero-order chi connectivity index (χ0) is 15.0. The normalized spacial score (nSPS) is 26.8. The number of ether oxygens (including phenoxy) is 1. The first kappa shape index (κ1) is 15.5. The highest BCUT2D eigenvalue weighted by Gasteiger charge is 2.33. The van der Waals surface area contributed by atoms with Gasteiger partial charge in [0, 0.05) is 23.7 Å². The van der Waals surface area contributed by atoms with Crippen molar-refractivity contribution in [3.8, 4) is 0 Å². The van der Waals surface area contributed by atoms with Crippen LogP contribution in [0.1, 0.15) is 81.7 Å². The van der Waals surface area contributed by atoms with E-state index in [9.17, 15) is 0 Å². The van der Waals surface area contributed by atoms with E-state index in [0.717, 1.165) is 6.61 Å². The monoisotopic (exact) mass is 275 g/mol. The molecular weight excluding hydrogens is 246 g/mol. The molecule has 0 saturated carbocycles. The van der Waals surface area contributed by atoms with E-state index in [1.54, 1.807) is 0 Å². The fourth-order valence-electron chi connectivity index (χ4n) is 3.35. The van der Waals surface area contributed by atoms with Crippen LogP contribution in [0.5, 0.6) is 0 Å². The molecule has 0 aromatic carbocycles. The molecule has 0 radical (unpaired) electrons. The third-order valence-corrected chi connectivity index (χ3v) is 4.88. The highest BCUT2D eigenvalue weighted by Crippen LogP contribution is 2.41. The minimum absolute atomic E-state index is 0.264. The molecule has 0 spiro atoms. The maximum Gasteiger partial charge on any atom is 0.0613 e. The summed E-state index contributed by atoms with van der Waals surface area (Å²) in [4.78, 5) is 4.68. The molecule has 2 rings (SSSR count). The van der Waals surface area contributed by atoms with Crippen LogP contribution in [0.3, 0.4) is 0 Å². The van der Waals surface area contributed by atoms with E-state index < -0.39 is 0 Å². The van der Waals surface area contributed by atoms with Gasteiger partial charge in [-0.1, -0.05) is 34.6 Å². The first-order valence-electron chi connectivity index (χ1n) is 7.95. The van der Waals surface area contributed by atoms with Gasteiger partial charge >= 0.3 is 0 Å². The average molecular weight is 275 g/mol. The van der Waals surface area contributed by atoms with Crippen molar-refractivity contribution in [1.29, 1.82) is 0 Å². The lowest BCUT2D eigenvalue weighted by Gasteiger charge is -2.27. The zero-order valence-corrected chi connectivity index (χ0v) is 14.0. The summed E-state index contributed by atoms with van der Waals surface area (Å²) in [6.45, 7) is 16.6. The van der Waals surface area contributed by atoms with E-state index in [1.165, 1.54) is 22.4 Å². The maximum absolute atomic E-state index is 6.13. The van der Waals surface area contributed by atoms with Gasteiger partial charge in [0.1, 0.15) is 0 Å². The smallest absolute Gasteiger partial charge is 0.0613 e. The molecule has 3 atom stereocenters. The molecule has 1 aliphatic heterocycles. The number of hydrogen-bond acceptors (Lipinski definition) is 2. The molecule has 1 unspecified atom stereocenters. The minimum atomic E-state index is 0.264. The van der Waals surface area contributed by atoms with Crippen molar-refractivity contribution in [3.63, 3.8) is 0 Å². The van der Waals surface area contributed by atoms with E-state index in [4.69, 9.17) is 4.74 Å². The van der Waals surface area contributed by atoms with E-state index in [0.29, 0.717) is 23.7 Å². The summed E-state index contributed by atoms with van der Waals surface area (Å²) in [6, 6.07) is 0. The molecule has 0 amide bonds. The van der Waals surface area contributed by atoms with Gasteiger partial charge in [-0.2, -0.15) is 0 Å². The Morgan fingerprint density at radius 1 is 1.15 bits per heavy atom. The van der Waals surface area contributed by atoms with E-state index >= 15 is 0 Å². The third kappa shape index (κ3) is 2.63. The highest BCUT2D eigenvalue weighted by atomic mass is 16.5. The molecule has 0 aliphatic carbocycles. The Balaban J connectivity index is 2.71. The average Bonchev–Trinajstić information content (AvgIpc) is 2.49. The second kappa shape index (κ2) is 5.85. The van der Waals surface area contributed by atoms with Gasteiger partial charge in [0.05, 0.1) is 12.7 Å². The molecule has 1 aliphatic rings. The summed E-state index contributed by atoms with van der Waals surface area (Å²) >= 11 is 0. The standard InChI is InChI=1S/C18H29NO/c1-10(2)15-8-19-13(6)17-12(5)14(7)20-9-16(11(3)4)18(15)17/h8,10-12,14,16H,9H2,1-7H3/t12-,14+,16?/m0/s1. The van der Waals surface area contributed by atoms with Crippen molar-refractivity contribution in [3.05, 3.63) is 28.6 Å². The number of nitrogens with zero attached hydrogens (tertiary/aromatic N) is 1. The van der Waals surface area contributed by atoms with E-state index in [1.807, 2.05) is 0 Å². The number of hydrogen-bond donors (Lipinski definition) is 0. The maximum atomic E-state index is 6.13. The van der Waals surface area contributed by atoms with Gasteiger partial charge in [-0.25, -0.2) is 0 Å². The molecule has 112 valence electrons. The first-order valence-corrected chi connectivity index (χ1v) is 7.95. The molecule has 0 fully saturated rings. The molecule has 2 heteroatoms. The fraction of sp³-hybridized carbons (Fsp3) is 0.722. The van der Waals surface area contributed by atoms with Gasteiger partial charge in [0.2, 0.25) is 0 Å². The molecule has 2 nitrogen and oxygen atoms in total. The van der Waals surface area contributed by atoms with Crippen LogP contribution in [0.25, 0.3) is 0 Å². The van der Waals surface area contributed by atoms with Crippen LogP contribution in [0.15, 0.2) is 6.20 Å². The van der Waals surface area contributed by atoms with Crippen molar-refractivity contribution in [2.75, 3.05) is 6.61 Å². The first-order chi connectivity index (χ1) is 9.34. The molecule has 20 heavy (non-hydrogen) atoms. The number of aryl methyl sites for hydroxylation is 1. The lowest BCUT2D eigenvalue weighted by molar-refractivity contribution is 0.0419. The number of rotatable bonds is 2. The lowest BCUT2D eigenvalue weighted by Crippen LogP contribution is -2.17. The van der Waals surface area contributed by atoms with Crippen molar-refractivity contribution in [2.45, 2.75) is 72.3 Å². The van der Waals surface area contributed by atoms with Gasteiger partial charge in [-0.3, -0.25) is 4.98 Å². The molecule has 0 saturated heterocycles. The fourth-order valence-corrected chi connectivity index (χ4v) is 3.35. The summed E-state index contributed by atoms with van der Waals surface area (Å²) in [5.41, 5.74) is 5.56. The number of aromatic nitrogens is 1. The second-order valence-electron chi connectivity index (χ2n) is 6.96. The Labute approximate surface area is 124 Å². The quantitative estimate of drug-likeness (QED) is 0.775. The molecule has 0 bridgehead atoms. The van der Waals surface area contributed by atoms with Crippen LogP contribution >= 0.6 is 0 Å². The molecule has 0 N–H and O–H groups in total. The van der Waals surface area contributed by atoms with Crippen molar-refractivity contribution >= 4 is 0 Å². The Morgan fingerprint density at radius 3 is 2.35 bits per heavy atom. The number of fused-ring (bicyclic) bond motifs is 1. The van der Waals surface area contributed by atoms with Crippen LogP contribution in [-0.2, 0) is 4.74 Å². The predicted octanol–water partition coefficient (Wildman–Crippen LogP) is 4.78. The third-order valence-electron chi connectivity index (χ3n) is 4.88. The Morgan fingerprint density at radius 2 is 1.80 bits per heavy atom. The molecular formula is C18H29NO. The Bertz CT molecular complexity index is 479. The van der Waals surface area contributed by atoms with Gasteiger partial charge < -0.3 is 4.74 Å². The van der Waals surface area contributed by atoms with Crippen molar-refractivity contribution < 1.29 is 4.74 Å². The van der Waals surface area contributed by atoms with Crippen molar-refractivity contribution in [2.24, 2.45) is 5.92 Å². The second-order valence-corrected chi connectivity index (χ2v) is 6.96. The highest BCUT2D eigenvalue weighted by molar-refractivity contribution is 5.44. The molecule has 2 heterocycles. The molecule has 1 aromatic rings. The van der Waals surface area contributed by atoms with Crippen LogP contribution in [-0.4, -0.2) is 17.7 Å². The van der Waals surface area contributed by atoms with E-state index in [-0.39, 0.29) is 6.10 Å². The van der Waals surface area contributed by atoms with Crippen LogP contribution in [0.4, 0.5) is 0 Å². The topological polar surface area (TPSA) is 22.1 Å². The summed E-state index contributed by atoms with van der Waals surface area (Å²) in [7, 11) is 0. The Kier molecular flexibility index (Phi) is 4.53. The van der Waals surface area contributed by atoms with Crippen LogP contribution in [0.2, 0.25) is 0 Å². The lowest BCUT2D eigenvalue weighted by atomic mass is 9.78. The summed E-state index contributed by atoms with van der Waals surface area (Å²) < 4.78 is 6.13. The predicted molar refractivity (Wildman–Crippen MR) is 84.5 cm³/mol. The molecule has 1 aromatic heterocycles. The van der Waals surface area contributed by atoms with Gasteiger partial charge in [0.15, 0.2) is 0 Å². The minimum Gasteiger partial charge on any atom is -0.377 e. The Hall–Kier alpha value is -0.890. The summed E-state index contributed by atoms with van der Waals surface area (Å²) in [5, 5.41) is 0. The van der Waals surface area contributed by atoms with Gasteiger partial charge in [-0.05, 0) is 42.4 Å². The summed E-state index contributed by atoms with van der Waals surface area (Å²) in [6.07, 6.45) is 2.36. The van der Waals surface area contributed by atoms with Gasteiger partial charge in [0.25, 0.3) is 0 Å². The van der Waals surface area contributed by atoms with Crippen LogP contribution < -0.4 is 0 Å². The van der Waals surface area contributed by atoms with E-state index in [2.05, 4.69) is 59.6 Å².